The van der Waals surface area contributed by atoms with Crippen LogP contribution in [0.2, 0.25) is 0 Å². The highest BCUT2D eigenvalue weighted by Crippen LogP contribution is 2.20. The Morgan fingerprint density at radius 1 is 1.46 bits per heavy atom. The first kappa shape index (κ1) is 12.4. The van der Waals surface area contributed by atoms with Gasteiger partial charge in [0.25, 0.3) is 0 Å². The van der Waals surface area contributed by atoms with E-state index in [1.807, 2.05) is 13.0 Å². The zero-order valence-electron chi connectivity index (χ0n) is 8.42. The normalized spacial score (nSPS) is 16.2. The van der Waals surface area contributed by atoms with E-state index in [1.54, 1.807) is 12.3 Å². The van der Waals surface area contributed by atoms with Crippen molar-refractivity contribution >= 4 is 12.6 Å². The first-order chi connectivity index (χ1) is 6.38. The second-order valence-electron chi connectivity index (χ2n) is 2.55. The van der Waals surface area contributed by atoms with Gasteiger partial charge in [-0.2, -0.15) is 12.6 Å². The molecular formula is C11H18OS. The lowest BCUT2D eigenvalue weighted by molar-refractivity contribution is 0.202. The second kappa shape index (κ2) is 7.99. The monoisotopic (exact) mass is 198 g/mol. The van der Waals surface area contributed by atoms with Crippen molar-refractivity contribution in [3.05, 3.63) is 36.1 Å². The minimum Gasteiger partial charge on any atom is -0.493 e. The molecule has 0 aliphatic carbocycles. The topological polar surface area (TPSA) is 9.23 Å². The van der Waals surface area contributed by atoms with Gasteiger partial charge in [0.2, 0.25) is 0 Å². The summed E-state index contributed by atoms with van der Waals surface area (Å²) in [6.07, 6.45) is 9.85. The molecule has 0 radical (unpaired) electrons. The molecule has 13 heavy (non-hydrogen) atoms. The molecule has 0 atom stereocenters. The van der Waals surface area contributed by atoms with Crippen LogP contribution in [0.4, 0.5) is 0 Å². The fourth-order valence-corrected chi connectivity index (χ4v) is 1.22. The maximum atomic E-state index is 5.40. The van der Waals surface area contributed by atoms with E-state index in [0.29, 0.717) is 0 Å². The van der Waals surface area contributed by atoms with Crippen LogP contribution in [0, 0.1) is 0 Å². The van der Waals surface area contributed by atoms with E-state index in [1.165, 1.54) is 5.57 Å². The van der Waals surface area contributed by atoms with Gasteiger partial charge >= 0.3 is 0 Å². The predicted molar refractivity (Wildman–Crippen MR) is 62.1 cm³/mol. The summed E-state index contributed by atoms with van der Waals surface area (Å²) in [5.74, 6) is 0.953. The summed E-state index contributed by atoms with van der Waals surface area (Å²) in [6.45, 7) is 6.55. The number of ether oxygens (including phenoxy) is 1. The highest BCUT2D eigenvalue weighted by atomic mass is 32.1. The standard InChI is InChI=1S/C10H14O.CH4S/c1-3-6-9-7-5-8-11-10(9)4-2;1-2/h3-4,6H,2,5,7-8H2,1H3;2H,1H3/b6-3-;. The van der Waals surface area contributed by atoms with Gasteiger partial charge in [0, 0.05) is 0 Å². The Morgan fingerprint density at radius 3 is 2.69 bits per heavy atom. The summed E-state index contributed by atoms with van der Waals surface area (Å²) in [5, 5.41) is 0. The Morgan fingerprint density at radius 2 is 2.15 bits per heavy atom. The summed E-state index contributed by atoms with van der Waals surface area (Å²) in [7, 11) is 0. The van der Waals surface area contributed by atoms with E-state index < -0.39 is 0 Å². The second-order valence-corrected chi connectivity index (χ2v) is 2.55. The molecule has 0 N–H and O–H groups in total. The van der Waals surface area contributed by atoms with E-state index in [4.69, 9.17) is 4.74 Å². The number of hydrogen-bond donors (Lipinski definition) is 1. The highest BCUT2D eigenvalue weighted by molar-refractivity contribution is 7.79. The van der Waals surface area contributed by atoms with E-state index >= 15 is 0 Å². The van der Waals surface area contributed by atoms with Crippen molar-refractivity contribution in [1.82, 2.24) is 0 Å². The fourth-order valence-electron chi connectivity index (χ4n) is 1.22. The quantitative estimate of drug-likeness (QED) is 0.669. The van der Waals surface area contributed by atoms with Crippen molar-refractivity contribution in [2.24, 2.45) is 0 Å². The lowest BCUT2D eigenvalue weighted by Gasteiger charge is -2.16. The van der Waals surface area contributed by atoms with Crippen LogP contribution in [0.1, 0.15) is 19.8 Å². The van der Waals surface area contributed by atoms with Gasteiger partial charge < -0.3 is 4.74 Å². The maximum absolute atomic E-state index is 5.40. The van der Waals surface area contributed by atoms with Gasteiger partial charge in [-0.25, -0.2) is 0 Å². The fraction of sp³-hybridized carbons (Fsp3) is 0.455. The smallest absolute Gasteiger partial charge is 0.121 e. The van der Waals surface area contributed by atoms with Gasteiger partial charge in [-0.05, 0) is 37.7 Å². The number of allylic oxidation sites excluding steroid dienone is 4. The first-order valence-corrected chi connectivity index (χ1v) is 5.33. The summed E-state index contributed by atoms with van der Waals surface area (Å²) >= 11 is 3.53. The zero-order valence-corrected chi connectivity index (χ0v) is 9.31. The third-order valence-corrected chi connectivity index (χ3v) is 1.72. The van der Waals surface area contributed by atoms with E-state index in [-0.39, 0.29) is 0 Å². The van der Waals surface area contributed by atoms with Crippen molar-refractivity contribution in [3.63, 3.8) is 0 Å². The molecule has 1 nitrogen and oxygen atoms in total. The molecule has 0 aromatic carbocycles. The molecule has 1 heterocycles. The Hall–Kier alpha value is -0.630. The van der Waals surface area contributed by atoms with Gasteiger partial charge in [0.1, 0.15) is 5.76 Å². The molecule has 2 heteroatoms. The molecule has 0 fully saturated rings. The molecule has 0 aromatic heterocycles. The lowest BCUT2D eigenvalue weighted by atomic mass is 10.1. The molecule has 0 amide bonds. The zero-order chi connectivity index (χ0) is 10.1. The van der Waals surface area contributed by atoms with E-state index in [9.17, 15) is 0 Å². The Balaban J connectivity index is 0.000000671. The minimum absolute atomic E-state index is 0.836. The van der Waals surface area contributed by atoms with Crippen molar-refractivity contribution in [1.29, 1.82) is 0 Å². The first-order valence-electron chi connectivity index (χ1n) is 4.44. The summed E-state index contributed by atoms with van der Waals surface area (Å²) < 4.78 is 5.40. The van der Waals surface area contributed by atoms with E-state index in [2.05, 4.69) is 25.3 Å². The largest absolute Gasteiger partial charge is 0.493 e. The van der Waals surface area contributed by atoms with Gasteiger partial charge in [-0.3, -0.25) is 0 Å². The molecule has 0 saturated heterocycles. The van der Waals surface area contributed by atoms with Crippen LogP contribution in [-0.4, -0.2) is 12.9 Å². The Bertz CT molecular complexity index is 204. The maximum Gasteiger partial charge on any atom is 0.121 e. The molecular weight excluding hydrogens is 180 g/mol. The molecule has 1 aliphatic rings. The number of thiol groups is 1. The predicted octanol–water partition coefficient (Wildman–Crippen LogP) is 3.36. The van der Waals surface area contributed by atoms with E-state index in [0.717, 1.165) is 25.2 Å². The SMILES string of the molecule is C=CC1=C(/C=C\C)CCCO1.CS. The minimum atomic E-state index is 0.836. The summed E-state index contributed by atoms with van der Waals surface area (Å²) in [4.78, 5) is 0. The van der Waals surface area contributed by atoms with Gasteiger partial charge in [0.15, 0.2) is 0 Å². The average Bonchev–Trinajstić information content (AvgIpc) is 2.22. The van der Waals surface area contributed by atoms with Crippen molar-refractivity contribution in [3.8, 4) is 0 Å². The lowest BCUT2D eigenvalue weighted by Crippen LogP contribution is -2.03. The third kappa shape index (κ3) is 4.23. The molecule has 0 saturated carbocycles. The van der Waals surface area contributed by atoms with Crippen LogP contribution in [0.5, 0.6) is 0 Å². The molecule has 0 spiro atoms. The number of rotatable bonds is 2. The van der Waals surface area contributed by atoms with Crippen LogP contribution >= 0.6 is 12.6 Å². The summed E-state index contributed by atoms with van der Waals surface area (Å²) in [6, 6.07) is 0. The van der Waals surface area contributed by atoms with Crippen LogP contribution < -0.4 is 0 Å². The van der Waals surface area contributed by atoms with Crippen molar-refractivity contribution in [2.75, 3.05) is 12.9 Å². The molecule has 1 aliphatic heterocycles. The van der Waals surface area contributed by atoms with Gasteiger partial charge in [-0.1, -0.05) is 18.7 Å². The van der Waals surface area contributed by atoms with Crippen LogP contribution in [0.3, 0.4) is 0 Å². The van der Waals surface area contributed by atoms with Crippen LogP contribution in [-0.2, 0) is 4.74 Å². The Labute approximate surface area is 86.6 Å². The molecule has 0 aromatic rings. The van der Waals surface area contributed by atoms with Crippen LogP contribution in [0.25, 0.3) is 0 Å². The molecule has 0 unspecified atom stereocenters. The molecule has 0 bridgehead atoms. The third-order valence-electron chi connectivity index (χ3n) is 1.72. The van der Waals surface area contributed by atoms with Crippen molar-refractivity contribution < 1.29 is 4.74 Å². The average molecular weight is 198 g/mol. The Kier molecular flexibility index (Phi) is 7.60. The molecule has 1 rings (SSSR count). The van der Waals surface area contributed by atoms with Crippen molar-refractivity contribution in [2.45, 2.75) is 19.8 Å². The highest BCUT2D eigenvalue weighted by Gasteiger charge is 2.07. The van der Waals surface area contributed by atoms with Gasteiger partial charge in [0.05, 0.1) is 6.61 Å². The van der Waals surface area contributed by atoms with Gasteiger partial charge in [-0.15, -0.1) is 0 Å². The number of hydrogen-bond acceptors (Lipinski definition) is 2. The van der Waals surface area contributed by atoms with Crippen LogP contribution in [0.15, 0.2) is 36.1 Å². The molecule has 74 valence electrons. The summed E-state index contributed by atoms with van der Waals surface area (Å²) in [5.41, 5.74) is 1.27.